The minimum absolute atomic E-state index is 0.236. The van der Waals surface area contributed by atoms with E-state index >= 15 is 0 Å². The van der Waals surface area contributed by atoms with Gasteiger partial charge in [-0.25, -0.2) is 4.79 Å². The second-order valence-corrected chi connectivity index (χ2v) is 8.51. The number of aliphatic hydroxyl groups is 1. The van der Waals surface area contributed by atoms with Crippen LogP contribution in [0.4, 0.5) is 16.2 Å². The van der Waals surface area contributed by atoms with Gasteiger partial charge in [-0.2, -0.15) is 0 Å². The van der Waals surface area contributed by atoms with Gasteiger partial charge in [-0.1, -0.05) is 24.3 Å². The van der Waals surface area contributed by atoms with Crippen molar-refractivity contribution < 1.29 is 19.4 Å². The molecule has 2 aromatic rings. The van der Waals surface area contributed by atoms with Gasteiger partial charge in [-0.3, -0.25) is 0 Å². The lowest BCUT2D eigenvalue weighted by atomic mass is 9.94. The van der Waals surface area contributed by atoms with Crippen LogP contribution >= 0.6 is 0 Å². The van der Waals surface area contributed by atoms with Crippen molar-refractivity contribution in [3.05, 3.63) is 48.5 Å². The third-order valence-electron chi connectivity index (χ3n) is 5.12. The van der Waals surface area contributed by atoms with Crippen molar-refractivity contribution in [2.24, 2.45) is 5.73 Å². The van der Waals surface area contributed by atoms with Gasteiger partial charge in [-0.05, 0) is 45.0 Å². The lowest BCUT2D eigenvalue weighted by molar-refractivity contribution is -0.00132. The quantitative estimate of drug-likeness (QED) is 0.768. The predicted molar refractivity (Wildman–Crippen MR) is 111 cm³/mol. The van der Waals surface area contributed by atoms with Gasteiger partial charge < -0.3 is 30.1 Å². The van der Waals surface area contributed by atoms with Crippen LogP contribution in [0.3, 0.4) is 0 Å². The second kappa shape index (κ2) is 7.24. The molecule has 0 saturated carbocycles. The molecule has 2 heterocycles. The number of carbonyl (C=O) groups excluding carboxylic acids is 1. The number of hydrogen-bond donors (Lipinski definition) is 2. The van der Waals surface area contributed by atoms with E-state index in [2.05, 4.69) is 0 Å². The third kappa shape index (κ3) is 3.75. The second-order valence-electron chi connectivity index (χ2n) is 8.51. The van der Waals surface area contributed by atoms with E-state index in [1.165, 1.54) is 0 Å². The Morgan fingerprint density at radius 3 is 2.17 bits per heavy atom. The highest BCUT2D eigenvalue weighted by Gasteiger charge is 2.43. The minimum Gasteiger partial charge on any atom is -0.453 e. The van der Waals surface area contributed by atoms with Crippen LogP contribution in [-0.2, 0) is 4.74 Å². The fraction of sp³-hybridized carbons (Fsp3) is 0.409. The van der Waals surface area contributed by atoms with E-state index < -0.39 is 29.9 Å². The van der Waals surface area contributed by atoms with E-state index in [-0.39, 0.29) is 13.1 Å². The average Bonchev–Trinajstić information content (AvgIpc) is 2.67. The van der Waals surface area contributed by atoms with Crippen molar-refractivity contribution >= 4 is 17.5 Å². The lowest BCUT2D eigenvalue weighted by Gasteiger charge is -2.47. The van der Waals surface area contributed by atoms with Gasteiger partial charge in [0.05, 0.1) is 29.6 Å². The molecular formula is C22H27N3O4. The first kappa shape index (κ1) is 19.5. The molecule has 1 saturated heterocycles. The normalized spacial score (nSPS) is 23.7. The van der Waals surface area contributed by atoms with Crippen molar-refractivity contribution in [3.63, 3.8) is 0 Å². The van der Waals surface area contributed by atoms with Crippen LogP contribution in [0.5, 0.6) is 11.5 Å². The zero-order valence-corrected chi connectivity index (χ0v) is 16.9. The molecule has 0 spiro atoms. The number of aliphatic hydroxyl groups excluding tert-OH is 1. The van der Waals surface area contributed by atoms with E-state index in [0.717, 1.165) is 11.4 Å². The van der Waals surface area contributed by atoms with Gasteiger partial charge in [0.2, 0.25) is 0 Å². The van der Waals surface area contributed by atoms with Gasteiger partial charge in [-0.15, -0.1) is 0 Å². The molecule has 1 fully saturated rings. The summed E-state index contributed by atoms with van der Waals surface area (Å²) >= 11 is 0. The van der Waals surface area contributed by atoms with Crippen molar-refractivity contribution in [3.8, 4) is 11.5 Å². The fourth-order valence-electron chi connectivity index (χ4n) is 3.86. The number of nitrogens with zero attached hydrogens (tertiary/aromatic N) is 2. The van der Waals surface area contributed by atoms with Crippen LogP contribution < -0.4 is 15.4 Å². The summed E-state index contributed by atoms with van der Waals surface area (Å²) in [6.45, 7) is 6.01. The van der Waals surface area contributed by atoms with Crippen LogP contribution in [0.15, 0.2) is 48.5 Å². The molecule has 154 valence electrons. The van der Waals surface area contributed by atoms with Crippen LogP contribution in [-0.4, -0.2) is 53.0 Å². The number of para-hydroxylation sites is 4. The maximum atomic E-state index is 12.7. The molecule has 3 atom stereocenters. The highest BCUT2D eigenvalue weighted by molar-refractivity contribution is 5.79. The van der Waals surface area contributed by atoms with E-state index in [9.17, 15) is 9.90 Å². The molecule has 4 rings (SSSR count). The van der Waals surface area contributed by atoms with E-state index in [0.29, 0.717) is 11.5 Å². The zero-order chi connectivity index (χ0) is 20.8. The molecule has 0 aromatic heterocycles. The van der Waals surface area contributed by atoms with Gasteiger partial charge in [0.25, 0.3) is 0 Å². The van der Waals surface area contributed by atoms with Gasteiger partial charge >= 0.3 is 6.09 Å². The number of anilines is 2. The maximum Gasteiger partial charge on any atom is 0.410 e. The summed E-state index contributed by atoms with van der Waals surface area (Å²) in [6, 6.07) is 14.3. The number of fused-ring (bicyclic) bond motifs is 2. The fourth-order valence-corrected chi connectivity index (χ4v) is 3.86. The number of carbonyl (C=O) groups is 1. The van der Waals surface area contributed by atoms with Crippen LogP contribution in [0.1, 0.15) is 20.8 Å². The van der Waals surface area contributed by atoms with Crippen LogP contribution in [0, 0.1) is 0 Å². The Morgan fingerprint density at radius 2 is 1.62 bits per heavy atom. The summed E-state index contributed by atoms with van der Waals surface area (Å²) in [5, 5.41) is 11.0. The molecule has 3 N–H and O–H groups in total. The highest BCUT2D eigenvalue weighted by Crippen LogP contribution is 2.48. The van der Waals surface area contributed by atoms with Gasteiger partial charge in [0, 0.05) is 13.1 Å². The molecule has 1 amide bonds. The molecule has 2 aromatic carbocycles. The average molecular weight is 397 g/mol. The molecule has 0 bridgehead atoms. The van der Waals surface area contributed by atoms with E-state index in [1.54, 1.807) is 4.90 Å². The number of ether oxygens (including phenoxy) is 2. The summed E-state index contributed by atoms with van der Waals surface area (Å²) in [5.41, 5.74) is 7.30. The minimum atomic E-state index is -0.826. The van der Waals surface area contributed by atoms with Crippen molar-refractivity contribution in [1.82, 2.24) is 4.90 Å². The molecule has 2 aliphatic heterocycles. The molecule has 7 nitrogen and oxygen atoms in total. The van der Waals surface area contributed by atoms with Crippen molar-refractivity contribution in [2.75, 3.05) is 18.0 Å². The summed E-state index contributed by atoms with van der Waals surface area (Å²) in [5.74, 6) is 1.39. The van der Waals surface area contributed by atoms with Crippen molar-refractivity contribution in [2.45, 2.75) is 44.6 Å². The van der Waals surface area contributed by atoms with Crippen LogP contribution in [0.2, 0.25) is 0 Å². The summed E-state index contributed by atoms with van der Waals surface area (Å²) < 4.78 is 11.6. The standard InChI is InChI=1S/C22H27N3O4/c1-22(2,3)29-21(27)24-12-14(23)20(26)17(13-24)25-15-8-4-6-10-18(15)28-19-11-7-5-9-16(19)25/h4-11,14,17,20,26H,12-13,23H2,1-3H3/t14-,17-,20-/m1/s1. The zero-order valence-electron chi connectivity index (χ0n) is 16.9. The molecular weight excluding hydrogens is 370 g/mol. The number of likely N-dealkylation sites (tertiary alicyclic amines) is 1. The van der Waals surface area contributed by atoms with Crippen molar-refractivity contribution in [1.29, 1.82) is 0 Å². The molecule has 0 unspecified atom stereocenters. The topological polar surface area (TPSA) is 88.3 Å². The first-order valence-electron chi connectivity index (χ1n) is 9.81. The highest BCUT2D eigenvalue weighted by atomic mass is 16.6. The monoisotopic (exact) mass is 397 g/mol. The Morgan fingerprint density at radius 1 is 1.07 bits per heavy atom. The molecule has 0 radical (unpaired) electrons. The Hall–Kier alpha value is -2.77. The van der Waals surface area contributed by atoms with Crippen LogP contribution in [0.25, 0.3) is 0 Å². The Balaban J connectivity index is 1.72. The lowest BCUT2D eigenvalue weighted by Crippen LogP contribution is -2.64. The summed E-state index contributed by atoms with van der Waals surface area (Å²) in [4.78, 5) is 16.3. The number of benzene rings is 2. The number of rotatable bonds is 1. The maximum absolute atomic E-state index is 12.7. The number of piperidine rings is 1. The smallest absolute Gasteiger partial charge is 0.410 e. The number of hydrogen-bond acceptors (Lipinski definition) is 6. The summed E-state index contributed by atoms with van der Waals surface area (Å²) in [6.07, 6.45) is -1.26. The predicted octanol–water partition coefficient (Wildman–Crippen LogP) is 3.24. The largest absolute Gasteiger partial charge is 0.453 e. The summed E-state index contributed by atoms with van der Waals surface area (Å²) in [7, 11) is 0. The molecule has 0 aliphatic carbocycles. The molecule has 29 heavy (non-hydrogen) atoms. The van der Waals surface area contributed by atoms with E-state index in [1.807, 2.05) is 74.2 Å². The third-order valence-corrected chi connectivity index (χ3v) is 5.12. The SMILES string of the molecule is CC(C)(C)OC(=O)N1C[C@@H](N)[C@@H](O)[C@H](N2c3ccccc3Oc3ccccc32)C1. The Bertz CT molecular complexity index is 865. The number of amides is 1. The Kier molecular flexibility index (Phi) is 4.88. The van der Waals surface area contributed by atoms with Gasteiger partial charge in [0.15, 0.2) is 11.5 Å². The first-order chi connectivity index (χ1) is 13.7. The van der Waals surface area contributed by atoms with Gasteiger partial charge in [0.1, 0.15) is 5.60 Å². The number of nitrogens with two attached hydrogens (primary N) is 1. The molecule has 7 heteroatoms. The van der Waals surface area contributed by atoms with E-state index in [4.69, 9.17) is 15.2 Å². The first-order valence-corrected chi connectivity index (χ1v) is 9.81. The Labute approximate surface area is 170 Å². The molecule has 2 aliphatic rings.